The van der Waals surface area contributed by atoms with Gasteiger partial charge in [-0.3, -0.25) is 0 Å². The van der Waals surface area contributed by atoms with E-state index >= 15 is 0 Å². The van der Waals surface area contributed by atoms with Gasteiger partial charge in [-0.25, -0.2) is 4.98 Å². The molecule has 3 N–H and O–H groups in total. The summed E-state index contributed by atoms with van der Waals surface area (Å²) < 4.78 is 5.53. The molecule has 2 aromatic heterocycles. The molecule has 4 nitrogen and oxygen atoms in total. The van der Waals surface area contributed by atoms with Gasteiger partial charge in [0.25, 0.3) is 0 Å². The van der Waals surface area contributed by atoms with Crippen LogP contribution in [0.3, 0.4) is 0 Å². The minimum atomic E-state index is 0.0722. The maximum Gasteiger partial charge on any atom is 0.128 e. The van der Waals surface area contributed by atoms with Crippen molar-refractivity contribution in [3.8, 4) is 0 Å². The highest BCUT2D eigenvalue weighted by Gasteiger charge is 2.09. The van der Waals surface area contributed by atoms with Gasteiger partial charge in [0.05, 0.1) is 6.04 Å². The van der Waals surface area contributed by atoms with Gasteiger partial charge in [-0.05, 0) is 38.1 Å². The molecule has 1 unspecified atom stereocenters. The van der Waals surface area contributed by atoms with Crippen LogP contribution in [0, 0.1) is 6.92 Å². The molecule has 84 valence electrons. The van der Waals surface area contributed by atoms with Crippen molar-refractivity contribution in [2.24, 2.45) is 0 Å². The van der Waals surface area contributed by atoms with E-state index in [9.17, 15) is 0 Å². The number of pyridine rings is 1. The maximum atomic E-state index is 5.60. The van der Waals surface area contributed by atoms with E-state index in [0.29, 0.717) is 5.82 Å². The van der Waals surface area contributed by atoms with Crippen LogP contribution in [0.4, 0.5) is 11.6 Å². The number of hydrogen-bond donors (Lipinski definition) is 2. The molecule has 16 heavy (non-hydrogen) atoms. The quantitative estimate of drug-likeness (QED) is 0.829. The number of rotatable bonds is 3. The van der Waals surface area contributed by atoms with E-state index in [1.165, 1.54) is 0 Å². The molecule has 1 atom stereocenters. The highest BCUT2D eigenvalue weighted by Crippen LogP contribution is 2.20. The summed E-state index contributed by atoms with van der Waals surface area (Å²) in [6, 6.07) is 9.47. The molecule has 0 spiro atoms. The van der Waals surface area contributed by atoms with Crippen LogP contribution >= 0.6 is 0 Å². The lowest BCUT2D eigenvalue weighted by atomic mass is 10.2. The average molecular weight is 217 g/mol. The Bertz CT molecular complexity index is 479. The lowest BCUT2D eigenvalue weighted by Gasteiger charge is -2.12. The van der Waals surface area contributed by atoms with Crippen molar-refractivity contribution in [1.29, 1.82) is 0 Å². The number of hydrogen-bond acceptors (Lipinski definition) is 4. The monoisotopic (exact) mass is 217 g/mol. The van der Waals surface area contributed by atoms with Crippen LogP contribution in [0.1, 0.15) is 24.5 Å². The molecule has 0 aliphatic carbocycles. The fraction of sp³-hybridized carbons (Fsp3) is 0.250. The first-order valence-corrected chi connectivity index (χ1v) is 5.20. The molecule has 0 amide bonds. The zero-order chi connectivity index (χ0) is 11.5. The predicted octanol–water partition coefficient (Wildman–Crippen LogP) is 2.74. The van der Waals surface area contributed by atoms with Crippen LogP contribution in [0.25, 0.3) is 0 Å². The molecule has 2 aromatic rings. The Morgan fingerprint density at radius 1 is 1.31 bits per heavy atom. The van der Waals surface area contributed by atoms with Crippen LogP contribution < -0.4 is 11.1 Å². The number of nitrogen functional groups attached to an aromatic ring is 1. The largest absolute Gasteiger partial charge is 0.464 e. The second kappa shape index (κ2) is 4.26. The van der Waals surface area contributed by atoms with Gasteiger partial charge < -0.3 is 15.5 Å². The van der Waals surface area contributed by atoms with Crippen molar-refractivity contribution in [2.75, 3.05) is 11.1 Å². The molecule has 0 bridgehead atoms. The Morgan fingerprint density at radius 2 is 2.12 bits per heavy atom. The van der Waals surface area contributed by atoms with Crippen molar-refractivity contribution in [3.63, 3.8) is 0 Å². The molecule has 0 saturated carbocycles. The van der Waals surface area contributed by atoms with Crippen LogP contribution in [0.2, 0.25) is 0 Å². The molecule has 2 heterocycles. The number of aromatic nitrogens is 1. The summed E-state index contributed by atoms with van der Waals surface area (Å²) in [6.07, 6.45) is 0. The summed E-state index contributed by atoms with van der Waals surface area (Å²) in [5, 5.41) is 3.23. The highest BCUT2D eigenvalue weighted by molar-refractivity contribution is 5.43. The van der Waals surface area contributed by atoms with Gasteiger partial charge in [0.1, 0.15) is 23.2 Å². The summed E-state index contributed by atoms with van der Waals surface area (Å²) in [6.45, 7) is 3.94. The summed E-state index contributed by atoms with van der Waals surface area (Å²) in [5.41, 5.74) is 5.60. The Labute approximate surface area is 94.5 Å². The zero-order valence-corrected chi connectivity index (χ0v) is 9.40. The van der Waals surface area contributed by atoms with Crippen LogP contribution in [0.5, 0.6) is 0 Å². The highest BCUT2D eigenvalue weighted by atomic mass is 16.3. The summed E-state index contributed by atoms with van der Waals surface area (Å²) in [5.74, 6) is 3.06. The third-order valence-corrected chi connectivity index (χ3v) is 2.32. The van der Waals surface area contributed by atoms with Crippen molar-refractivity contribution in [2.45, 2.75) is 19.9 Å². The third kappa shape index (κ3) is 2.34. The van der Waals surface area contributed by atoms with Crippen LogP contribution in [-0.2, 0) is 0 Å². The smallest absolute Gasteiger partial charge is 0.128 e. The maximum absolute atomic E-state index is 5.60. The second-order valence-electron chi connectivity index (χ2n) is 3.76. The Morgan fingerprint density at radius 3 is 2.75 bits per heavy atom. The molecule has 0 fully saturated rings. The van der Waals surface area contributed by atoms with E-state index in [-0.39, 0.29) is 6.04 Å². The predicted molar refractivity (Wildman–Crippen MR) is 64.1 cm³/mol. The molecular formula is C12H15N3O. The fourth-order valence-electron chi connectivity index (χ4n) is 1.51. The van der Waals surface area contributed by atoms with E-state index < -0.39 is 0 Å². The molecule has 0 aromatic carbocycles. The van der Waals surface area contributed by atoms with E-state index in [4.69, 9.17) is 10.2 Å². The Balaban J connectivity index is 2.10. The van der Waals surface area contributed by atoms with Crippen LogP contribution in [0.15, 0.2) is 34.7 Å². The standard InChI is InChI=1S/C12H15N3O/c1-8-6-7-10(16-8)9(2)14-12-5-3-4-11(13)15-12/h3-7,9H,1-2H3,(H3,13,14,15). The minimum absolute atomic E-state index is 0.0722. The minimum Gasteiger partial charge on any atom is -0.464 e. The van der Waals surface area contributed by atoms with Gasteiger partial charge in [-0.1, -0.05) is 6.07 Å². The SMILES string of the molecule is Cc1ccc(C(C)Nc2cccc(N)n2)o1. The van der Waals surface area contributed by atoms with E-state index in [0.717, 1.165) is 17.3 Å². The number of anilines is 2. The van der Waals surface area contributed by atoms with Gasteiger partial charge in [0.2, 0.25) is 0 Å². The molecule has 2 rings (SSSR count). The number of nitrogens with zero attached hydrogens (tertiary/aromatic N) is 1. The molecular weight excluding hydrogens is 202 g/mol. The van der Waals surface area contributed by atoms with E-state index in [2.05, 4.69) is 10.3 Å². The normalized spacial score (nSPS) is 12.4. The van der Waals surface area contributed by atoms with Crippen LogP contribution in [-0.4, -0.2) is 4.98 Å². The van der Waals surface area contributed by atoms with Crippen molar-refractivity contribution < 1.29 is 4.42 Å². The second-order valence-corrected chi connectivity index (χ2v) is 3.76. The fourth-order valence-corrected chi connectivity index (χ4v) is 1.51. The Hall–Kier alpha value is -1.97. The summed E-state index contributed by atoms with van der Waals surface area (Å²) >= 11 is 0. The number of nitrogens with one attached hydrogen (secondary N) is 1. The van der Waals surface area contributed by atoms with E-state index in [1.807, 2.05) is 38.1 Å². The zero-order valence-electron chi connectivity index (χ0n) is 9.40. The molecule has 0 aliphatic heterocycles. The number of nitrogens with two attached hydrogens (primary N) is 1. The first-order chi connectivity index (χ1) is 7.65. The molecule has 4 heteroatoms. The first-order valence-electron chi connectivity index (χ1n) is 5.20. The molecule has 0 aliphatic rings. The average Bonchev–Trinajstić information content (AvgIpc) is 2.65. The number of furan rings is 1. The summed E-state index contributed by atoms with van der Waals surface area (Å²) in [7, 11) is 0. The van der Waals surface area contributed by atoms with Gasteiger partial charge >= 0.3 is 0 Å². The molecule has 0 saturated heterocycles. The van der Waals surface area contributed by atoms with Gasteiger partial charge in [-0.15, -0.1) is 0 Å². The number of aryl methyl sites for hydroxylation is 1. The lowest BCUT2D eigenvalue weighted by Crippen LogP contribution is -2.07. The lowest BCUT2D eigenvalue weighted by molar-refractivity contribution is 0.466. The van der Waals surface area contributed by atoms with Gasteiger partial charge in [-0.2, -0.15) is 0 Å². The first kappa shape index (κ1) is 10.5. The van der Waals surface area contributed by atoms with Crippen molar-refractivity contribution in [3.05, 3.63) is 41.9 Å². The summed E-state index contributed by atoms with van der Waals surface area (Å²) in [4.78, 5) is 4.17. The van der Waals surface area contributed by atoms with Crippen molar-refractivity contribution in [1.82, 2.24) is 4.98 Å². The van der Waals surface area contributed by atoms with Crippen molar-refractivity contribution >= 4 is 11.6 Å². The third-order valence-electron chi connectivity index (χ3n) is 2.32. The van der Waals surface area contributed by atoms with E-state index in [1.54, 1.807) is 6.07 Å². The molecule has 0 radical (unpaired) electrons. The Kier molecular flexibility index (Phi) is 2.81. The topological polar surface area (TPSA) is 64.1 Å². The van der Waals surface area contributed by atoms with Gasteiger partial charge in [0.15, 0.2) is 0 Å². The van der Waals surface area contributed by atoms with Gasteiger partial charge in [0, 0.05) is 0 Å².